The van der Waals surface area contributed by atoms with Crippen molar-refractivity contribution in [3.05, 3.63) is 22.6 Å². The molecule has 0 fully saturated rings. The quantitative estimate of drug-likeness (QED) is 0.760. The number of rotatable bonds is 4. The first kappa shape index (κ1) is 10.8. The second-order valence-corrected chi connectivity index (χ2v) is 4.94. The molecule has 0 N–H and O–H groups in total. The molecule has 0 aliphatic heterocycles. The van der Waals surface area contributed by atoms with Gasteiger partial charge in [0.25, 0.3) is 0 Å². The Balaban J connectivity index is 2.74. The van der Waals surface area contributed by atoms with Crippen LogP contribution in [-0.2, 0) is 5.41 Å². The van der Waals surface area contributed by atoms with Crippen LogP contribution in [0.15, 0.2) is 21.2 Å². The summed E-state index contributed by atoms with van der Waals surface area (Å²) in [5, 5.41) is 0. The summed E-state index contributed by atoms with van der Waals surface area (Å²) in [6.07, 6.45) is 5.41. The maximum absolute atomic E-state index is 5.48. The van der Waals surface area contributed by atoms with Crippen LogP contribution in [0.5, 0.6) is 0 Å². The fourth-order valence-corrected chi connectivity index (χ4v) is 2.25. The second-order valence-electron chi connectivity index (χ2n) is 4.09. The SMILES string of the molecule is CCCCC(C)(C)c1occc1Br. The van der Waals surface area contributed by atoms with Crippen molar-refractivity contribution in [2.24, 2.45) is 0 Å². The Morgan fingerprint density at radius 2 is 2.15 bits per heavy atom. The molecule has 0 amide bonds. The van der Waals surface area contributed by atoms with Crippen LogP contribution in [0.4, 0.5) is 0 Å². The van der Waals surface area contributed by atoms with Crippen LogP contribution in [0.2, 0.25) is 0 Å². The lowest BCUT2D eigenvalue weighted by molar-refractivity contribution is 0.353. The van der Waals surface area contributed by atoms with Gasteiger partial charge in [0.2, 0.25) is 0 Å². The maximum atomic E-state index is 5.48. The molecule has 74 valence electrons. The molecule has 0 saturated carbocycles. The third-order valence-electron chi connectivity index (χ3n) is 2.39. The van der Waals surface area contributed by atoms with E-state index in [9.17, 15) is 0 Å². The largest absolute Gasteiger partial charge is 0.468 e. The average molecular weight is 245 g/mol. The van der Waals surface area contributed by atoms with E-state index in [1.54, 1.807) is 6.26 Å². The minimum Gasteiger partial charge on any atom is -0.468 e. The minimum atomic E-state index is 0.151. The van der Waals surface area contributed by atoms with Gasteiger partial charge in [-0.1, -0.05) is 33.6 Å². The average Bonchev–Trinajstić information content (AvgIpc) is 2.48. The highest BCUT2D eigenvalue weighted by molar-refractivity contribution is 9.10. The van der Waals surface area contributed by atoms with Gasteiger partial charge in [0.05, 0.1) is 10.7 Å². The zero-order valence-electron chi connectivity index (χ0n) is 8.56. The molecule has 0 unspecified atom stereocenters. The van der Waals surface area contributed by atoms with E-state index in [-0.39, 0.29) is 5.41 Å². The molecule has 1 heterocycles. The molecule has 0 spiro atoms. The van der Waals surface area contributed by atoms with E-state index in [0.29, 0.717) is 0 Å². The molecule has 0 atom stereocenters. The summed E-state index contributed by atoms with van der Waals surface area (Å²) >= 11 is 3.50. The van der Waals surface area contributed by atoms with Crippen molar-refractivity contribution in [2.75, 3.05) is 0 Å². The zero-order valence-corrected chi connectivity index (χ0v) is 10.1. The van der Waals surface area contributed by atoms with E-state index in [1.807, 2.05) is 6.07 Å². The van der Waals surface area contributed by atoms with Gasteiger partial charge in [-0.3, -0.25) is 0 Å². The van der Waals surface area contributed by atoms with Gasteiger partial charge in [0.15, 0.2) is 0 Å². The summed E-state index contributed by atoms with van der Waals surface area (Å²) in [4.78, 5) is 0. The van der Waals surface area contributed by atoms with E-state index in [2.05, 4.69) is 36.7 Å². The third-order valence-corrected chi connectivity index (χ3v) is 3.01. The molecule has 0 bridgehead atoms. The summed E-state index contributed by atoms with van der Waals surface area (Å²) in [7, 11) is 0. The highest BCUT2D eigenvalue weighted by atomic mass is 79.9. The van der Waals surface area contributed by atoms with Crippen molar-refractivity contribution in [1.29, 1.82) is 0 Å². The lowest BCUT2D eigenvalue weighted by Crippen LogP contribution is -2.16. The maximum Gasteiger partial charge on any atom is 0.123 e. The van der Waals surface area contributed by atoms with Crippen LogP contribution in [-0.4, -0.2) is 0 Å². The number of unbranched alkanes of at least 4 members (excludes halogenated alkanes) is 1. The Kier molecular flexibility index (Phi) is 3.60. The molecule has 0 aliphatic rings. The van der Waals surface area contributed by atoms with Crippen molar-refractivity contribution < 1.29 is 4.42 Å². The van der Waals surface area contributed by atoms with Gasteiger partial charge in [-0.15, -0.1) is 0 Å². The second kappa shape index (κ2) is 4.32. The van der Waals surface area contributed by atoms with Crippen LogP contribution in [0.1, 0.15) is 45.8 Å². The normalized spacial score (nSPS) is 12.0. The molecule has 1 nitrogen and oxygen atoms in total. The molecule has 1 aromatic heterocycles. The van der Waals surface area contributed by atoms with Crippen molar-refractivity contribution in [3.8, 4) is 0 Å². The lowest BCUT2D eigenvalue weighted by atomic mass is 9.85. The highest BCUT2D eigenvalue weighted by Gasteiger charge is 2.25. The van der Waals surface area contributed by atoms with Crippen LogP contribution in [0, 0.1) is 0 Å². The van der Waals surface area contributed by atoms with Crippen molar-refractivity contribution >= 4 is 15.9 Å². The Morgan fingerprint density at radius 3 is 2.62 bits per heavy atom. The van der Waals surface area contributed by atoms with Gasteiger partial charge in [0.1, 0.15) is 5.76 Å². The van der Waals surface area contributed by atoms with Crippen LogP contribution >= 0.6 is 15.9 Å². The topological polar surface area (TPSA) is 13.1 Å². The summed E-state index contributed by atoms with van der Waals surface area (Å²) in [5.41, 5.74) is 0.151. The standard InChI is InChI=1S/C11H17BrO/c1-4-5-7-11(2,3)10-9(12)6-8-13-10/h6,8H,4-5,7H2,1-3H3. The van der Waals surface area contributed by atoms with E-state index in [1.165, 1.54) is 19.3 Å². The third kappa shape index (κ3) is 2.60. The molecule has 1 rings (SSSR count). The lowest BCUT2D eigenvalue weighted by Gasteiger charge is -2.22. The monoisotopic (exact) mass is 244 g/mol. The fourth-order valence-electron chi connectivity index (χ4n) is 1.51. The first-order valence-corrected chi connectivity index (χ1v) is 5.60. The molecular formula is C11H17BrO. The molecule has 1 aromatic rings. The van der Waals surface area contributed by atoms with Crippen LogP contribution < -0.4 is 0 Å². The highest BCUT2D eigenvalue weighted by Crippen LogP contribution is 2.34. The van der Waals surface area contributed by atoms with Gasteiger partial charge in [-0.25, -0.2) is 0 Å². The molecule has 0 aliphatic carbocycles. The summed E-state index contributed by atoms with van der Waals surface area (Å²) in [6.45, 7) is 6.67. The number of halogens is 1. The van der Waals surface area contributed by atoms with E-state index in [4.69, 9.17) is 4.42 Å². The van der Waals surface area contributed by atoms with Crippen LogP contribution in [0.3, 0.4) is 0 Å². The minimum absolute atomic E-state index is 0.151. The first-order chi connectivity index (χ1) is 6.08. The Hall–Kier alpha value is -0.240. The number of furan rings is 1. The fraction of sp³-hybridized carbons (Fsp3) is 0.636. The van der Waals surface area contributed by atoms with Gasteiger partial charge in [0, 0.05) is 5.41 Å². The van der Waals surface area contributed by atoms with Gasteiger partial charge < -0.3 is 4.42 Å². The number of hydrogen-bond acceptors (Lipinski definition) is 1. The summed E-state index contributed by atoms with van der Waals surface area (Å²) in [6, 6.07) is 1.96. The van der Waals surface area contributed by atoms with Gasteiger partial charge in [-0.05, 0) is 28.4 Å². The molecule has 0 radical (unpaired) electrons. The van der Waals surface area contributed by atoms with E-state index in [0.717, 1.165) is 10.2 Å². The zero-order chi connectivity index (χ0) is 9.90. The molecule has 2 heteroatoms. The summed E-state index contributed by atoms with van der Waals surface area (Å²) in [5.74, 6) is 1.07. The Labute approximate surface area is 88.6 Å². The smallest absolute Gasteiger partial charge is 0.123 e. The molecular weight excluding hydrogens is 228 g/mol. The molecule has 0 saturated heterocycles. The van der Waals surface area contributed by atoms with Crippen molar-refractivity contribution in [3.63, 3.8) is 0 Å². The van der Waals surface area contributed by atoms with Gasteiger partial charge in [-0.2, -0.15) is 0 Å². The Morgan fingerprint density at radius 1 is 1.46 bits per heavy atom. The molecule has 13 heavy (non-hydrogen) atoms. The predicted octanol–water partition coefficient (Wildman–Crippen LogP) is 4.51. The van der Waals surface area contributed by atoms with E-state index >= 15 is 0 Å². The van der Waals surface area contributed by atoms with Crippen molar-refractivity contribution in [2.45, 2.75) is 45.4 Å². The van der Waals surface area contributed by atoms with Crippen LogP contribution in [0.25, 0.3) is 0 Å². The van der Waals surface area contributed by atoms with E-state index < -0.39 is 0 Å². The predicted molar refractivity (Wildman–Crippen MR) is 59.0 cm³/mol. The first-order valence-electron chi connectivity index (χ1n) is 4.81. The number of hydrogen-bond donors (Lipinski definition) is 0. The molecule has 0 aromatic carbocycles. The summed E-state index contributed by atoms with van der Waals surface area (Å²) < 4.78 is 6.57. The van der Waals surface area contributed by atoms with Gasteiger partial charge >= 0.3 is 0 Å². The Bertz CT molecular complexity index is 263. The van der Waals surface area contributed by atoms with Crippen molar-refractivity contribution in [1.82, 2.24) is 0 Å².